The van der Waals surface area contributed by atoms with Crippen molar-refractivity contribution in [1.82, 2.24) is 0 Å². The maximum absolute atomic E-state index is 15.0. The predicted octanol–water partition coefficient (Wildman–Crippen LogP) is 8.47. The molecule has 0 saturated heterocycles. The molecule has 0 aliphatic carbocycles. The van der Waals surface area contributed by atoms with Crippen LogP contribution in [0.15, 0.2) is 24.3 Å². The molecule has 0 atom stereocenters. The highest BCUT2D eigenvalue weighted by atomic mass is 19.4. The number of alkyl halides is 3. The Hall–Kier alpha value is -2.17. The Balaban J connectivity index is 3.03. The van der Waals surface area contributed by atoms with Crippen molar-refractivity contribution in [3.63, 3.8) is 0 Å². The standard InChI is InChI=1S/C29H41F3O2/c1-10-18-14-20(16-22(24(18)33)26(5,6)12-3)28(9,29(30,31)32)21-15-19(11-2)25(34)23(17-21)27(7,8)13-4/h14-17,33-34H,10-13H2,1-9H3. The Morgan fingerprint density at radius 1 is 0.618 bits per heavy atom. The Morgan fingerprint density at radius 3 is 1.18 bits per heavy atom. The van der Waals surface area contributed by atoms with Gasteiger partial charge in [0, 0.05) is 11.1 Å². The van der Waals surface area contributed by atoms with Crippen molar-refractivity contribution in [2.24, 2.45) is 0 Å². The minimum absolute atomic E-state index is 0.0791. The SMILES string of the molecule is CCc1cc(C(C)(c2cc(CC)c(O)c(C(C)(C)CC)c2)C(F)(F)F)cc(C(C)(C)CC)c1O. The molecule has 0 bridgehead atoms. The molecule has 0 saturated carbocycles. The Morgan fingerprint density at radius 2 is 0.941 bits per heavy atom. The van der Waals surface area contributed by atoms with Gasteiger partial charge in [-0.3, -0.25) is 0 Å². The fourth-order valence-electron chi connectivity index (χ4n) is 4.41. The maximum Gasteiger partial charge on any atom is 0.402 e. The van der Waals surface area contributed by atoms with E-state index in [9.17, 15) is 10.2 Å². The van der Waals surface area contributed by atoms with E-state index in [4.69, 9.17) is 0 Å². The molecule has 190 valence electrons. The van der Waals surface area contributed by atoms with Crippen LogP contribution in [0.5, 0.6) is 11.5 Å². The van der Waals surface area contributed by atoms with Crippen molar-refractivity contribution in [3.8, 4) is 11.5 Å². The van der Waals surface area contributed by atoms with E-state index in [1.807, 2.05) is 55.4 Å². The second kappa shape index (κ2) is 9.47. The fraction of sp³-hybridized carbons (Fsp3) is 0.586. The highest BCUT2D eigenvalue weighted by Crippen LogP contribution is 2.51. The van der Waals surface area contributed by atoms with Gasteiger partial charge in [-0.05, 0) is 65.7 Å². The predicted molar refractivity (Wildman–Crippen MR) is 134 cm³/mol. The summed E-state index contributed by atoms with van der Waals surface area (Å²) in [6.45, 7) is 16.6. The molecule has 2 N–H and O–H groups in total. The highest BCUT2D eigenvalue weighted by molar-refractivity contribution is 5.56. The van der Waals surface area contributed by atoms with Crippen LogP contribution < -0.4 is 0 Å². The van der Waals surface area contributed by atoms with E-state index in [1.54, 1.807) is 0 Å². The number of aryl methyl sites for hydroxylation is 2. The molecule has 0 aliphatic heterocycles. The van der Waals surface area contributed by atoms with Crippen molar-refractivity contribution in [2.75, 3.05) is 0 Å². The summed E-state index contributed by atoms with van der Waals surface area (Å²) >= 11 is 0. The minimum atomic E-state index is -4.60. The third-order valence-electron chi connectivity index (χ3n) is 8.09. The lowest BCUT2D eigenvalue weighted by molar-refractivity contribution is -0.173. The van der Waals surface area contributed by atoms with Crippen LogP contribution in [0, 0.1) is 0 Å². The van der Waals surface area contributed by atoms with Crippen molar-refractivity contribution >= 4 is 0 Å². The first-order valence-electron chi connectivity index (χ1n) is 12.3. The zero-order valence-corrected chi connectivity index (χ0v) is 22.2. The lowest BCUT2D eigenvalue weighted by atomic mass is 9.69. The van der Waals surface area contributed by atoms with Crippen LogP contribution in [-0.4, -0.2) is 16.4 Å². The van der Waals surface area contributed by atoms with Gasteiger partial charge in [0.05, 0.1) is 0 Å². The first kappa shape index (κ1) is 28.1. The molecule has 0 radical (unpaired) electrons. The molecular formula is C29H41F3O2. The van der Waals surface area contributed by atoms with Gasteiger partial charge in [-0.1, -0.05) is 79.7 Å². The average molecular weight is 479 g/mol. The summed E-state index contributed by atoms with van der Waals surface area (Å²) in [5.41, 5.74) is -1.00. The minimum Gasteiger partial charge on any atom is -0.507 e. The second-order valence-corrected chi connectivity index (χ2v) is 10.9. The number of rotatable bonds is 8. The van der Waals surface area contributed by atoms with Gasteiger partial charge in [0.15, 0.2) is 0 Å². The summed E-state index contributed by atoms with van der Waals surface area (Å²) in [4.78, 5) is 0. The van der Waals surface area contributed by atoms with Gasteiger partial charge in [-0.2, -0.15) is 13.2 Å². The molecule has 0 aliphatic rings. The average Bonchev–Trinajstić information content (AvgIpc) is 2.77. The molecule has 2 rings (SSSR count). The summed E-state index contributed by atoms with van der Waals surface area (Å²) < 4.78 is 45.1. The molecule has 34 heavy (non-hydrogen) atoms. The number of aromatic hydroxyl groups is 2. The lowest BCUT2D eigenvalue weighted by Gasteiger charge is -2.37. The number of hydrogen-bond donors (Lipinski definition) is 2. The molecule has 2 nitrogen and oxygen atoms in total. The van der Waals surface area contributed by atoms with Gasteiger partial charge in [0.25, 0.3) is 0 Å². The molecule has 0 unspecified atom stereocenters. The van der Waals surface area contributed by atoms with Gasteiger partial charge in [0.1, 0.15) is 16.9 Å². The molecule has 0 fully saturated rings. The van der Waals surface area contributed by atoms with Crippen LogP contribution in [0.2, 0.25) is 0 Å². The highest BCUT2D eigenvalue weighted by Gasteiger charge is 2.54. The number of phenolic OH excluding ortho intramolecular Hbond substituents is 2. The quantitative estimate of drug-likeness (QED) is 0.399. The number of phenols is 2. The first-order chi connectivity index (χ1) is 15.5. The molecule has 0 heterocycles. The molecule has 2 aromatic carbocycles. The molecule has 0 aromatic heterocycles. The van der Waals surface area contributed by atoms with Gasteiger partial charge in [-0.15, -0.1) is 0 Å². The van der Waals surface area contributed by atoms with Crippen molar-refractivity contribution in [1.29, 1.82) is 0 Å². The topological polar surface area (TPSA) is 40.5 Å². The van der Waals surface area contributed by atoms with E-state index >= 15 is 13.2 Å². The molecule has 5 heteroatoms. The smallest absolute Gasteiger partial charge is 0.402 e. The van der Waals surface area contributed by atoms with Gasteiger partial charge in [0.2, 0.25) is 0 Å². The van der Waals surface area contributed by atoms with E-state index in [0.29, 0.717) is 47.9 Å². The van der Waals surface area contributed by atoms with Gasteiger partial charge < -0.3 is 10.2 Å². The van der Waals surface area contributed by atoms with Crippen molar-refractivity contribution in [3.05, 3.63) is 57.6 Å². The zero-order valence-electron chi connectivity index (χ0n) is 22.2. The van der Waals surface area contributed by atoms with Crippen LogP contribution in [0.25, 0.3) is 0 Å². The molecule has 0 amide bonds. The van der Waals surface area contributed by atoms with Gasteiger partial charge >= 0.3 is 6.18 Å². The largest absolute Gasteiger partial charge is 0.507 e. The second-order valence-electron chi connectivity index (χ2n) is 10.9. The van der Waals surface area contributed by atoms with Crippen molar-refractivity contribution in [2.45, 2.75) is 110 Å². The molecule has 2 aromatic rings. The Labute approximate surface area is 203 Å². The Kier molecular flexibility index (Phi) is 7.82. The van der Waals surface area contributed by atoms with Crippen LogP contribution >= 0.6 is 0 Å². The van der Waals surface area contributed by atoms with E-state index in [1.165, 1.54) is 31.2 Å². The number of benzene rings is 2. The maximum atomic E-state index is 15.0. The van der Waals surface area contributed by atoms with Gasteiger partial charge in [-0.25, -0.2) is 0 Å². The number of hydrogen-bond acceptors (Lipinski definition) is 2. The molecular weight excluding hydrogens is 437 g/mol. The van der Waals surface area contributed by atoms with Crippen LogP contribution in [-0.2, 0) is 29.1 Å². The third-order valence-corrected chi connectivity index (χ3v) is 8.09. The Bertz CT molecular complexity index is 959. The van der Waals surface area contributed by atoms with Crippen molar-refractivity contribution < 1.29 is 23.4 Å². The first-order valence-corrected chi connectivity index (χ1v) is 12.3. The number of halogens is 3. The van der Waals surface area contributed by atoms with Crippen LogP contribution in [0.1, 0.15) is 109 Å². The summed E-state index contributed by atoms with van der Waals surface area (Å²) in [6, 6.07) is 6.07. The normalized spacial score (nSPS) is 13.4. The van der Waals surface area contributed by atoms with E-state index in [2.05, 4.69) is 0 Å². The van der Waals surface area contributed by atoms with E-state index in [0.717, 1.165) is 0 Å². The lowest BCUT2D eigenvalue weighted by Crippen LogP contribution is -2.41. The van der Waals surface area contributed by atoms with Crippen LogP contribution in [0.3, 0.4) is 0 Å². The monoisotopic (exact) mass is 478 g/mol. The fourth-order valence-corrected chi connectivity index (χ4v) is 4.41. The molecule has 0 spiro atoms. The summed E-state index contributed by atoms with van der Waals surface area (Å²) in [6.07, 6.45) is -2.42. The summed E-state index contributed by atoms with van der Waals surface area (Å²) in [7, 11) is 0. The zero-order chi connectivity index (χ0) is 26.3. The summed E-state index contributed by atoms with van der Waals surface area (Å²) in [5.74, 6) is 0.158. The van der Waals surface area contributed by atoms with Crippen LogP contribution in [0.4, 0.5) is 13.2 Å². The summed E-state index contributed by atoms with van der Waals surface area (Å²) in [5, 5.41) is 21.8. The van der Waals surface area contributed by atoms with E-state index in [-0.39, 0.29) is 22.6 Å². The van der Waals surface area contributed by atoms with E-state index < -0.39 is 22.4 Å². The third kappa shape index (κ3) is 4.67.